The predicted molar refractivity (Wildman–Crippen MR) is 90.5 cm³/mol. The van der Waals surface area contributed by atoms with Crippen LogP contribution in [0.3, 0.4) is 0 Å². The van der Waals surface area contributed by atoms with Gasteiger partial charge in [0, 0.05) is 11.4 Å². The lowest BCUT2D eigenvalue weighted by Crippen LogP contribution is -2.60. The molecule has 3 heteroatoms. The van der Waals surface area contributed by atoms with E-state index >= 15 is 0 Å². The Balaban J connectivity index is 1.68. The Morgan fingerprint density at radius 3 is 2.33 bits per heavy atom. The zero-order valence-electron chi connectivity index (χ0n) is 13.8. The van der Waals surface area contributed by atoms with Crippen molar-refractivity contribution in [3.63, 3.8) is 0 Å². The minimum Gasteiger partial charge on any atom is -0.356 e. The standard InChI is InChI=1S/C18H30BrNO/c1-4-14(19)5-6-20-15(21)18-9-13-7-16(2,11-18)10-17(3,8-13)12-18/h13-14H,4-12H2,1-3H3,(H,20,21). The fourth-order valence-electron chi connectivity index (χ4n) is 6.43. The van der Waals surface area contributed by atoms with Crippen molar-refractivity contribution in [2.24, 2.45) is 22.2 Å². The van der Waals surface area contributed by atoms with Crippen molar-refractivity contribution in [2.45, 2.75) is 77.0 Å². The molecule has 4 fully saturated rings. The lowest BCUT2D eigenvalue weighted by atomic mass is 9.40. The Bertz CT molecular complexity index is 417. The third-order valence-electron chi connectivity index (χ3n) is 6.29. The highest BCUT2D eigenvalue weighted by molar-refractivity contribution is 9.09. The molecule has 1 amide bonds. The lowest BCUT2D eigenvalue weighted by molar-refractivity contribution is -0.170. The van der Waals surface area contributed by atoms with Crippen LogP contribution in [-0.2, 0) is 4.79 Å². The summed E-state index contributed by atoms with van der Waals surface area (Å²) in [6, 6.07) is 0. The van der Waals surface area contributed by atoms with Crippen molar-refractivity contribution in [3.05, 3.63) is 0 Å². The van der Waals surface area contributed by atoms with Crippen LogP contribution < -0.4 is 5.32 Å². The van der Waals surface area contributed by atoms with Crippen molar-refractivity contribution in [1.82, 2.24) is 5.32 Å². The van der Waals surface area contributed by atoms with Crippen LogP contribution in [0.5, 0.6) is 0 Å². The van der Waals surface area contributed by atoms with E-state index in [0.29, 0.717) is 21.6 Å². The van der Waals surface area contributed by atoms with Gasteiger partial charge >= 0.3 is 0 Å². The Morgan fingerprint density at radius 1 is 1.19 bits per heavy atom. The summed E-state index contributed by atoms with van der Waals surface area (Å²) in [6.07, 6.45) is 9.62. The van der Waals surface area contributed by atoms with E-state index in [4.69, 9.17) is 0 Å². The molecule has 0 radical (unpaired) electrons. The molecule has 2 nitrogen and oxygen atoms in total. The predicted octanol–water partition coefficient (Wildman–Crippen LogP) is 4.66. The number of rotatable bonds is 5. The molecule has 3 unspecified atom stereocenters. The van der Waals surface area contributed by atoms with Gasteiger partial charge in [0.15, 0.2) is 0 Å². The van der Waals surface area contributed by atoms with Gasteiger partial charge in [-0.3, -0.25) is 4.79 Å². The monoisotopic (exact) mass is 355 g/mol. The summed E-state index contributed by atoms with van der Waals surface area (Å²) >= 11 is 3.66. The Labute approximate surface area is 138 Å². The van der Waals surface area contributed by atoms with Crippen LogP contribution in [0, 0.1) is 22.2 Å². The molecule has 0 spiro atoms. The molecule has 120 valence electrons. The second kappa shape index (κ2) is 5.25. The Kier molecular flexibility index (Phi) is 3.96. The van der Waals surface area contributed by atoms with E-state index in [9.17, 15) is 4.79 Å². The molecule has 4 saturated carbocycles. The zero-order chi connectivity index (χ0) is 15.3. The summed E-state index contributed by atoms with van der Waals surface area (Å²) < 4.78 is 0. The second-order valence-electron chi connectivity index (χ2n) is 8.96. The van der Waals surface area contributed by atoms with Gasteiger partial charge in [-0.25, -0.2) is 0 Å². The van der Waals surface area contributed by atoms with Gasteiger partial charge in [0.25, 0.3) is 0 Å². The van der Waals surface area contributed by atoms with E-state index in [0.717, 1.165) is 44.6 Å². The molecule has 0 aromatic rings. The molecule has 4 rings (SSSR count). The van der Waals surface area contributed by atoms with Crippen molar-refractivity contribution in [3.8, 4) is 0 Å². The first-order chi connectivity index (χ1) is 9.78. The van der Waals surface area contributed by atoms with Gasteiger partial charge in [-0.15, -0.1) is 0 Å². The first-order valence-electron chi connectivity index (χ1n) is 8.71. The maximum atomic E-state index is 12.9. The van der Waals surface area contributed by atoms with Gasteiger partial charge in [-0.2, -0.15) is 0 Å². The van der Waals surface area contributed by atoms with Gasteiger partial charge < -0.3 is 5.32 Å². The minimum atomic E-state index is -0.0447. The topological polar surface area (TPSA) is 29.1 Å². The van der Waals surface area contributed by atoms with E-state index in [2.05, 4.69) is 42.0 Å². The number of halogens is 1. The first-order valence-corrected chi connectivity index (χ1v) is 9.62. The van der Waals surface area contributed by atoms with Crippen molar-refractivity contribution < 1.29 is 4.79 Å². The van der Waals surface area contributed by atoms with Crippen molar-refractivity contribution in [1.29, 1.82) is 0 Å². The van der Waals surface area contributed by atoms with E-state index in [1.165, 1.54) is 19.3 Å². The summed E-state index contributed by atoms with van der Waals surface area (Å²) in [5, 5.41) is 3.27. The first kappa shape index (κ1) is 15.8. The van der Waals surface area contributed by atoms with E-state index in [-0.39, 0.29) is 5.41 Å². The molecule has 0 heterocycles. The number of nitrogens with one attached hydrogen (secondary N) is 1. The van der Waals surface area contributed by atoms with E-state index < -0.39 is 0 Å². The van der Waals surface area contributed by atoms with Crippen LogP contribution in [0.4, 0.5) is 0 Å². The normalized spacial score (nSPS) is 45.6. The third kappa shape index (κ3) is 2.92. The van der Waals surface area contributed by atoms with E-state index in [1.807, 2.05) is 0 Å². The summed E-state index contributed by atoms with van der Waals surface area (Å²) in [7, 11) is 0. The molecular weight excluding hydrogens is 326 g/mol. The van der Waals surface area contributed by atoms with Crippen molar-refractivity contribution in [2.75, 3.05) is 6.54 Å². The summed E-state index contributed by atoms with van der Waals surface area (Å²) in [5.41, 5.74) is 0.802. The fraction of sp³-hybridized carbons (Fsp3) is 0.944. The highest BCUT2D eigenvalue weighted by atomic mass is 79.9. The van der Waals surface area contributed by atoms with E-state index in [1.54, 1.807) is 0 Å². The molecule has 0 aromatic carbocycles. The number of amides is 1. The summed E-state index contributed by atoms with van der Waals surface area (Å²) in [4.78, 5) is 13.5. The molecule has 4 aliphatic carbocycles. The largest absolute Gasteiger partial charge is 0.356 e. The maximum absolute atomic E-state index is 12.9. The van der Waals surface area contributed by atoms with Crippen LogP contribution in [0.2, 0.25) is 0 Å². The molecule has 0 aliphatic heterocycles. The van der Waals surface area contributed by atoms with Crippen molar-refractivity contribution >= 4 is 21.8 Å². The minimum absolute atomic E-state index is 0.0447. The maximum Gasteiger partial charge on any atom is 0.226 e. The molecule has 3 atom stereocenters. The molecule has 21 heavy (non-hydrogen) atoms. The fourth-order valence-corrected chi connectivity index (χ4v) is 6.66. The van der Waals surface area contributed by atoms with Crippen LogP contribution in [0.1, 0.15) is 72.1 Å². The highest BCUT2D eigenvalue weighted by Crippen LogP contribution is 2.69. The number of carbonyl (C=O) groups excluding carboxylic acids is 1. The quantitative estimate of drug-likeness (QED) is 0.713. The Hall–Kier alpha value is -0.0500. The second-order valence-corrected chi connectivity index (χ2v) is 10.3. The molecule has 1 N–H and O–H groups in total. The highest BCUT2D eigenvalue weighted by Gasteiger charge is 2.62. The lowest BCUT2D eigenvalue weighted by Gasteiger charge is -2.64. The molecular formula is C18H30BrNO. The molecule has 4 aliphatic rings. The van der Waals surface area contributed by atoms with Crippen LogP contribution in [0.15, 0.2) is 0 Å². The van der Waals surface area contributed by atoms with Crippen LogP contribution in [-0.4, -0.2) is 17.3 Å². The smallest absolute Gasteiger partial charge is 0.226 e. The number of hydrogen-bond acceptors (Lipinski definition) is 1. The summed E-state index contributed by atoms with van der Waals surface area (Å²) in [5.74, 6) is 1.15. The number of alkyl halides is 1. The summed E-state index contributed by atoms with van der Waals surface area (Å²) in [6.45, 7) is 7.87. The zero-order valence-corrected chi connectivity index (χ0v) is 15.4. The van der Waals surface area contributed by atoms with Gasteiger partial charge in [-0.1, -0.05) is 36.7 Å². The van der Waals surface area contributed by atoms with Crippen LogP contribution >= 0.6 is 15.9 Å². The average molecular weight is 356 g/mol. The third-order valence-corrected chi connectivity index (χ3v) is 7.40. The average Bonchev–Trinajstić information content (AvgIpc) is 2.33. The number of hydrogen-bond donors (Lipinski definition) is 1. The van der Waals surface area contributed by atoms with Gasteiger partial charge in [0.05, 0.1) is 5.41 Å². The molecule has 0 saturated heterocycles. The van der Waals surface area contributed by atoms with Gasteiger partial charge in [0.1, 0.15) is 0 Å². The van der Waals surface area contributed by atoms with Gasteiger partial charge in [-0.05, 0) is 68.1 Å². The Morgan fingerprint density at radius 2 is 1.81 bits per heavy atom. The molecule has 4 bridgehead atoms. The van der Waals surface area contributed by atoms with Crippen LogP contribution in [0.25, 0.3) is 0 Å². The van der Waals surface area contributed by atoms with Gasteiger partial charge in [0.2, 0.25) is 5.91 Å². The SMILES string of the molecule is CCC(Br)CCNC(=O)C12CC3CC(C)(CC(C)(C3)C1)C2. The molecule has 0 aromatic heterocycles. The number of carbonyl (C=O) groups is 1.